The Morgan fingerprint density at radius 2 is 1.81 bits per heavy atom. The van der Waals surface area contributed by atoms with E-state index in [9.17, 15) is 8.78 Å². The fraction of sp³-hybridized carbons (Fsp3) is 0.538. The van der Waals surface area contributed by atoms with Crippen LogP contribution in [0.4, 0.5) is 8.78 Å². The van der Waals surface area contributed by atoms with E-state index in [0.29, 0.717) is 0 Å². The molecule has 0 aliphatic heterocycles. The second kappa shape index (κ2) is 5.94. The van der Waals surface area contributed by atoms with Gasteiger partial charge in [0.2, 0.25) is 0 Å². The second-order valence-corrected chi connectivity index (χ2v) is 3.96. The summed E-state index contributed by atoms with van der Waals surface area (Å²) >= 11 is 0. The lowest BCUT2D eigenvalue weighted by Gasteiger charge is -2.14. The number of aryl methyl sites for hydroxylation is 1. The van der Waals surface area contributed by atoms with Crippen LogP contribution in [0.1, 0.15) is 30.9 Å². The molecule has 0 amide bonds. The summed E-state index contributed by atoms with van der Waals surface area (Å²) in [7, 11) is 1.91. The van der Waals surface area contributed by atoms with Gasteiger partial charge in [0.1, 0.15) is 0 Å². The van der Waals surface area contributed by atoms with Crippen molar-refractivity contribution < 1.29 is 8.78 Å². The summed E-state index contributed by atoms with van der Waals surface area (Å²) in [5.41, 5.74) is 1.23. The standard InChI is InChI=1S/C13H19F2N/c1-3-13(14,15)12-8-6-11(7-9-12)5-4-10-16-2/h6-9,16H,3-5,10H2,1-2H3. The van der Waals surface area contributed by atoms with Gasteiger partial charge in [-0.1, -0.05) is 31.2 Å². The number of halogens is 2. The zero-order valence-corrected chi connectivity index (χ0v) is 9.89. The van der Waals surface area contributed by atoms with Crippen LogP contribution in [0.2, 0.25) is 0 Å². The lowest BCUT2D eigenvalue weighted by molar-refractivity contribution is -0.00829. The molecule has 0 aliphatic carbocycles. The molecule has 0 aromatic heterocycles. The molecule has 1 aromatic rings. The normalized spacial score (nSPS) is 11.8. The summed E-state index contributed by atoms with van der Waals surface area (Å²) in [6.45, 7) is 2.45. The van der Waals surface area contributed by atoms with E-state index >= 15 is 0 Å². The third kappa shape index (κ3) is 3.56. The van der Waals surface area contributed by atoms with E-state index in [-0.39, 0.29) is 12.0 Å². The molecule has 0 saturated carbocycles. The van der Waals surface area contributed by atoms with Gasteiger partial charge < -0.3 is 5.32 Å². The van der Waals surface area contributed by atoms with E-state index in [1.165, 1.54) is 19.1 Å². The molecule has 16 heavy (non-hydrogen) atoms. The monoisotopic (exact) mass is 227 g/mol. The lowest BCUT2D eigenvalue weighted by Crippen LogP contribution is -2.11. The van der Waals surface area contributed by atoms with Gasteiger partial charge in [0.05, 0.1) is 0 Å². The van der Waals surface area contributed by atoms with Crippen molar-refractivity contribution in [3.63, 3.8) is 0 Å². The van der Waals surface area contributed by atoms with Gasteiger partial charge in [0.15, 0.2) is 0 Å². The predicted octanol–water partition coefficient (Wildman–Crippen LogP) is 3.34. The van der Waals surface area contributed by atoms with Gasteiger partial charge in [-0.05, 0) is 32.0 Å². The Balaban J connectivity index is 2.61. The minimum atomic E-state index is -2.69. The number of alkyl halides is 2. The van der Waals surface area contributed by atoms with Crippen molar-refractivity contribution in [3.05, 3.63) is 35.4 Å². The Labute approximate surface area is 95.9 Å². The summed E-state index contributed by atoms with van der Waals surface area (Å²) in [5.74, 6) is -2.69. The van der Waals surface area contributed by atoms with E-state index in [2.05, 4.69) is 5.32 Å². The van der Waals surface area contributed by atoms with Crippen molar-refractivity contribution in [2.75, 3.05) is 13.6 Å². The molecule has 90 valence electrons. The number of rotatable bonds is 6. The number of nitrogens with one attached hydrogen (secondary N) is 1. The minimum absolute atomic E-state index is 0.118. The van der Waals surface area contributed by atoms with E-state index < -0.39 is 5.92 Å². The quantitative estimate of drug-likeness (QED) is 0.735. The molecule has 0 aliphatic rings. The Bertz CT molecular complexity index is 306. The summed E-state index contributed by atoms with van der Waals surface area (Å²) in [4.78, 5) is 0. The minimum Gasteiger partial charge on any atom is -0.320 e. The van der Waals surface area contributed by atoms with Gasteiger partial charge in [-0.25, -0.2) is 8.78 Å². The van der Waals surface area contributed by atoms with Gasteiger partial charge in [-0.15, -0.1) is 0 Å². The molecule has 0 unspecified atom stereocenters. The van der Waals surface area contributed by atoms with Crippen LogP contribution in [-0.2, 0) is 12.3 Å². The molecule has 0 bridgehead atoms. The van der Waals surface area contributed by atoms with Crippen molar-refractivity contribution in [1.82, 2.24) is 5.32 Å². The number of hydrogen-bond donors (Lipinski definition) is 1. The topological polar surface area (TPSA) is 12.0 Å². The SMILES string of the molecule is CCC(F)(F)c1ccc(CCCNC)cc1. The van der Waals surface area contributed by atoms with Crippen molar-refractivity contribution in [2.45, 2.75) is 32.1 Å². The molecule has 0 spiro atoms. The van der Waals surface area contributed by atoms with E-state index in [4.69, 9.17) is 0 Å². The first-order valence-corrected chi connectivity index (χ1v) is 5.72. The van der Waals surface area contributed by atoms with Crippen LogP contribution in [0.25, 0.3) is 0 Å². The molecule has 1 rings (SSSR count). The summed E-state index contributed by atoms with van der Waals surface area (Å²) in [5, 5.41) is 3.06. The molecule has 0 heterocycles. The molecule has 1 aromatic carbocycles. The Morgan fingerprint density at radius 3 is 2.31 bits per heavy atom. The molecular weight excluding hydrogens is 208 g/mol. The number of hydrogen-bond acceptors (Lipinski definition) is 1. The largest absolute Gasteiger partial charge is 0.320 e. The highest BCUT2D eigenvalue weighted by Gasteiger charge is 2.28. The summed E-state index contributed by atoms with van der Waals surface area (Å²) < 4.78 is 26.6. The van der Waals surface area contributed by atoms with Gasteiger partial charge in [-0.3, -0.25) is 0 Å². The van der Waals surface area contributed by atoms with Gasteiger partial charge in [0.25, 0.3) is 5.92 Å². The first-order valence-electron chi connectivity index (χ1n) is 5.72. The Kier molecular flexibility index (Phi) is 4.87. The van der Waals surface area contributed by atoms with Crippen LogP contribution in [-0.4, -0.2) is 13.6 Å². The van der Waals surface area contributed by atoms with Gasteiger partial charge in [-0.2, -0.15) is 0 Å². The van der Waals surface area contributed by atoms with Crippen LogP contribution < -0.4 is 5.32 Å². The zero-order valence-electron chi connectivity index (χ0n) is 9.89. The van der Waals surface area contributed by atoms with E-state index in [1.54, 1.807) is 12.1 Å². The molecular formula is C13H19F2N. The highest BCUT2D eigenvalue weighted by Crippen LogP contribution is 2.31. The van der Waals surface area contributed by atoms with Crippen molar-refractivity contribution in [2.24, 2.45) is 0 Å². The van der Waals surface area contributed by atoms with Crippen LogP contribution in [0.5, 0.6) is 0 Å². The molecule has 0 radical (unpaired) electrons. The molecule has 3 heteroatoms. The maximum Gasteiger partial charge on any atom is 0.273 e. The fourth-order valence-corrected chi connectivity index (χ4v) is 1.59. The molecule has 0 saturated heterocycles. The van der Waals surface area contributed by atoms with Gasteiger partial charge >= 0.3 is 0 Å². The van der Waals surface area contributed by atoms with E-state index in [1.807, 2.05) is 7.05 Å². The first kappa shape index (κ1) is 13.1. The Hall–Kier alpha value is -0.960. The lowest BCUT2D eigenvalue weighted by atomic mass is 10.0. The summed E-state index contributed by atoms with van der Waals surface area (Å²) in [6, 6.07) is 6.68. The zero-order chi connectivity index (χ0) is 12.0. The van der Waals surface area contributed by atoms with Crippen LogP contribution >= 0.6 is 0 Å². The highest BCUT2D eigenvalue weighted by atomic mass is 19.3. The maximum atomic E-state index is 13.3. The van der Waals surface area contributed by atoms with Crippen molar-refractivity contribution in [3.8, 4) is 0 Å². The van der Waals surface area contributed by atoms with Gasteiger partial charge in [0, 0.05) is 12.0 Å². The summed E-state index contributed by atoms with van der Waals surface area (Å²) in [6.07, 6.45) is 1.81. The molecule has 1 N–H and O–H groups in total. The highest BCUT2D eigenvalue weighted by molar-refractivity contribution is 5.25. The predicted molar refractivity (Wildman–Crippen MR) is 62.9 cm³/mol. The number of benzene rings is 1. The van der Waals surface area contributed by atoms with Crippen molar-refractivity contribution >= 4 is 0 Å². The Morgan fingerprint density at radius 1 is 1.19 bits per heavy atom. The smallest absolute Gasteiger partial charge is 0.273 e. The van der Waals surface area contributed by atoms with Crippen molar-refractivity contribution in [1.29, 1.82) is 0 Å². The third-order valence-electron chi connectivity index (χ3n) is 2.71. The average Bonchev–Trinajstić information content (AvgIpc) is 2.30. The second-order valence-electron chi connectivity index (χ2n) is 3.96. The molecule has 0 fully saturated rings. The average molecular weight is 227 g/mol. The van der Waals surface area contributed by atoms with Crippen LogP contribution in [0.3, 0.4) is 0 Å². The maximum absolute atomic E-state index is 13.3. The van der Waals surface area contributed by atoms with Crippen LogP contribution in [0.15, 0.2) is 24.3 Å². The van der Waals surface area contributed by atoms with E-state index in [0.717, 1.165) is 24.9 Å². The molecule has 0 atom stereocenters. The third-order valence-corrected chi connectivity index (χ3v) is 2.71. The first-order chi connectivity index (χ1) is 7.60. The fourth-order valence-electron chi connectivity index (χ4n) is 1.59. The van der Waals surface area contributed by atoms with Crippen LogP contribution in [0, 0.1) is 0 Å². The molecule has 1 nitrogen and oxygen atoms in total.